The smallest absolute Gasteiger partial charge is 0.251 e. The van der Waals surface area contributed by atoms with Gasteiger partial charge in [-0.3, -0.25) is 4.79 Å². The van der Waals surface area contributed by atoms with E-state index in [0.29, 0.717) is 24.5 Å². The quantitative estimate of drug-likeness (QED) is 0.771. The molecule has 1 fully saturated rings. The molecule has 0 saturated carbocycles. The van der Waals surface area contributed by atoms with E-state index in [1.165, 1.54) is 5.57 Å². The molecule has 2 aliphatic rings. The molecular weight excluding hydrogens is 328 g/mol. The van der Waals surface area contributed by atoms with Crippen molar-refractivity contribution in [1.82, 2.24) is 10.6 Å². The predicted octanol–water partition coefficient (Wildman–Crippen LogP) is 2.32. The summed E-state index contributed by atoms with van der Waals surface area (Å²) in [7, 11) is 0. The summed E-state index contributed by atoms with van der Waals surface area (Å²) in [4.78, 5) is 12.3. The van der Waals surface area contributed by atoms with Crippen molar-refractivity contribution in [2.45, 2.75) is 25.4 Å². The molecule has 6 heteroatoms. The van der Waals surface area contributed by atoms with Crippen LogP contribution in [0.15, 0.2) is 35.9 Å². The van der Waals surface area contributed by atoms with Crippen molar-refractivity contribution in [2.75, 3.05) is 32.8 Å². The zero-order chi connectivity index (χ0) is 15.9. The number of hydrogen-bond donors (Lipinski definition) is 2. The summed E-state index contributed by atoms with van der Waals surface area (Å²) in [6, 6.07) is 7.33. The Bertz CT molecular complexity index is 571. The number of ether oxygens (including phenoxy) is 2. The van der Waals surface area contributed by atoms with E-state index in [0.717, 1.165) is 39.0 Å². The standard InChI is InChI=1S/C18H24N2O3.ClH/c21-18(20-12-14-6-8-19-9-7-14)15-3-1-4-16(11-15)23-13-17-5-2-10-22-17;/h1,3-4,6,11,17,19H,2,5,7-10,12-13H2,(H,20,21);1H. The van der Waals surface area contributed by atoms with Gasteiger partial charge in [0.05, 0.1) is 6.10 Å². The fraction of sp³-hybridized carbons (Fsp3) is 0.500. The van der Waals surface area contributed by atoms with E-state index in [1.807, 2.05) is 18.2 Å². The molecule has 132 valence electrons. The Hall–Kier alpha value is -1.56. The van der Waals surface area contributed by atoms with Gasteiger partial charge in [-0.2, -0.15) is 0 Å². The molecule has 3 rings (SSSR count). The van der Waals surface area contributed by atoms with E-state index in [2.05, 4.69) is 16.7 Å². The molecule has 0 spiro atoms. The zero-order valence-corrected chi connectivity index (χ0v) is 14.6. The number of amides is 1. The van der Waals surface area contributed by atoms with E-state index >= 15 is 0 Å². The van der Waals surface area contributed by atoms with Crippen LogP contribution < -0.4 is 15.4 Å². The van der Waals surface area contributed by atoms with Crippen molar-refractivity contribution in [3.05, 3.63) is 41.5 Å². The van der Waals surface area contributed by atoms with Gasteiger partial charge in [-0.05, 0) is 44.0 Å². The van der Waals surface area contributed by atoms with E-state index in [1.54, 1.807) is 6.07 Å². The molecule has 24 heavy (non-hydrogen) atoms. The summed E-state index contributed by atoms with van der Waals surface area (Å²) >= 11 is 0. The zero-order valence-electron chi connectivity index (χ0n) is 13.8. The largest absolute Gasteiger partial charge is 0.491 e. The Kier molecular flexibility index (Phi) is 7.56. The lowest BCUT2D eigenvalue weighted by molar-refractivity contribution is 0.0679. The maximum Gasteiger partial charge on any atom is 0.251 e. The molecule has 0 bridgehead atoms. The fourth-order valence-electron chi connectivity index (χ4n) is 2.82. The minimum atomic E-state index is -0.0630. The Balaban J connectivity index is 0.00000208. The van der Waals surface area contributed by atoms with Crippen molar-refractivity contribution in [2.24, 2.45) is 0 Å². The van der Waals surface area contributed by atoms with Crippen molar-refractivity contribution in [3.63, 3.8) is 0 Å². The minimum absolute atomic E-state index is 0. The molecule has 5 nitrogen and oxygen atoms in total. The molecule has 1 amide bonds. The predicted molar refractivity (Wildman–Crippen MR) is 96.1 cm³/mol. The maximum atomic E-state index is 12.3. The van der Waals surface area contributed by atoms with Gasteiger partial charge in [-0.15, -0.1) is 12.4 Å². The number of carbonyl (C=O) groups is 1. The highest BCUT2D eigenvalue weighted by Gasteiger charge is 2.16. The van der Waals surface area contributed by atoms with Gasteiger partial charge in [0.15, 0.2) is 0 Å². The Morgan fingerprint density at radius 3 is 3.08 bits per heavy atom. The van der Waals surface area contributed by atoms with Gasteiger partial charge in [0.25, 0.3) is 5.91 Å². The van der Waals surface area contributed by atoms with Gasteiger partial charge in [0.2, 0.25) is 0 Å². The second-order valence-electron chi connectivity index (χ2n) is 5.97. The number of nitrogens with one attached hydrogen (secondary N) is 2. The van der Waals surface area contributed by atoms with Crippen LogP contribution in [0, 0.1) is 0 Å². The summed E-state index contributed by atoms with van der Waals surface area (Å²) in [5.41, 5.74) is 1.91. The van der Waals surface area contributed by atoms with Crippen molar-refractivity contribution >= 4 is 18.3 Å². The van der Waals surface area contributed by atoms with Gasteiger partial charge in [0, 0.05) is 25.3 Å². The summed E-state index contributed by atoms with van der Waals surface area (Å²) in [6.07, 6.45) is 5.46. The van der Waals surface area contributed by atoms with Gasteiger partial charge in [-0.25, -0.2) is 0 Å². The molecule has 1 aromatic carbocycles. The van der Waals surface area contributed by atoms with Crippen LogP contribution >= 0.6 is 12.4 Å². The van der Waals surface area contributed by atoms with Gasteiger partial charge < -0.3 is 20.1 Å². The maximum absolute atomic E-state index is 12.3. The second-order valence-corrected chi connectivity index (χ2v) is 5.97. The van der Waals surface area contributed by atoms with Crippen LogP contribution in [-0.2, 0) is 4.74 Å². The summed E-state index contributed by atoms with van der Waals surface area (Å²) in [6.45, 7) is 3.85. The SMILES string of the molecule is Cl.O=C(NCC1=CCNCC1)c1cccc(OCC2CCCO2)c1. The average Bonchev–Trinajstić information content (AvgIpc) is 3.12. The number of hydrogen-bond acceptors (Lipinski definition) is 4. The molecule has 1 atom stereocenters. The molecule has 0 radical (unpaired) electrons. The normalized spacial score (nSPS) is 20.0. The molecule has 0 aromatic heterocycles. The molecular formula is C18H25ClN2O3. The Morgan fingerprint density at radius 2 is 2.33 bits per heavy atom. The fourth-order valence-corrected chi connectivity index (χ4v) is 2.82. The lowest BCUT2D eigenvalue weighted by atomic mass is 10.1. The van der Waals surface area contributed by atoms with Crippen LogP contribution in [0.1, 0.15) is 29.6 Å². The number of carbonyl (C=O) groups excluding carboxylic acids is 1. The Morgan fingerprint density at radius 1 is 1.42 bits per heavy atom. The first kappa shape index (κ1) is 18.8. The van der Waals surface area contributed by atoms with Crippen LogP contribution in [0.2, 0.25) is 0 Å². The summed E-state index contributed by atoms with van der Waals surface area (Å²) < 4.78 is 11.3. The average molecular weight is 353 g/mol. The minimum Gasteiger partial charge on any atom is -0.491 e. The second kappa shape index (κ2) is 9.67. The lowest BCUT2D eigenvalue weighted by Gasteiger charge is -2.15. The third-order valence-electron chi connectivity index (χ3n) is 4.19. The molecule has 1 saturated heterocycles. The van der Waals surface area contributed by atoms with E-state index in [-0.39, 0.29) is 24.4 Å². The topological polar surface area (TPSA) is 59.6 Å². The summed E-state index contributed by atoms with van der Waals surface area (Å²) in [5.74, 6) is 0.654. The molecule has 2 heterocycles. The number of halogens is 1. The first-order chi connectivity index (χ1) is 11.3. The Labute approximate surface area is 149 Å². The summed E-state index contributed by atoms with van der Waals surface area (Å²) in [5, 5.41) is 6.24. The highest BCUT2D eigenvalue weighted by molar-refractivity contribution is 5.94. The number of rotatable bonds is 6. The van der Waals surface area contributed by atoms with Crippen LogP contribution in [-0.4, -0.2) is 44.9 Å². The first-order valence-corrected chi connectivity index (χ1v) is 8.32. The van der Waals surface area contributed by atoms with Crippen molar-refractivity contribution in [3.8, 4) is 5.75 Å². The monoisotopic (exact) mass is 352 g/mol. The lowest BCUT2D eigenvalue weighted by Crippen LogP contribution is -2.29. The highest BCUT2D eigenvalue weighted by atomic mass is 35.5. The highest BCUT2D eigenvalue weighted by Crippen LogP contribution is 2.17. The van der Waals surface area contributed by atoms with E-state index in [4.69, 9.17) is 9.47 Å². The molecule has 0 aliphatic carbocycles. The first-order valence-electron chi connectivity index (χ1n) is 8.32. The van der Waals surface area contributed by atoms with Crippen LogP contribution in [0.3, 0.4) is 0 Å². The van der Waals surface area contributed by atoms with E-state index < -0.39 is 0 Å². The van der Waals surface area contributed by atoms with Gasteiger partial charge >= 0.3 is 0 Å². The van der Waals surface area contributed by atoms with Gasteiger partial charge in [-0.1, -0.05) is 17.7 Å². The van der Waals surface area contributed by atoms with Crippen molar-refractivity contribution in [1.29, 1.82) is 0 Å². The van der Waals surface area contributed by atoms with Crippen LogP contribution in [0.5, 0.6) is 5.75 Å². The molecule has 1 aromatic rings. The number of benzene rings is 1. The molecule has 1 unspecified atom stereocenters. The van der Waals surface area contributed by atoms with Crippen LogP contribution in [0.25, 0.3) is 0 Å². The van der Waals surface area contributed by atoms with Crippen molar-refractivity contribution < 1.29 is 14.3 Å². The van der Waals surface area contributed by atoms with Gasteiger partial charge in [0.1, 0.15) is 12.4 Å². The third kappa shape index (κ3) is 5.51. The van der Waals surface area contributed by atoms with E-state index in [9.17, 15) is 4.79 Å². The third-order valence-corrected chi connectivity index (χ3v) is 4.19. The molecule has 2 aliphatic heterocycles. The van der Waals surface area contributed by atoms with Crippen LogP contribution in [0.4, 0.5) is 0 Å². The molecule has 2 N–H and O–H groups in total.